The van der Waals surface area contributed by atoms with Crippen molar-refractivity contribution in [2.24, 2.45) is 11.8 Å². The number of hydrogen-bond donors (Lipinski definition) is 1. The van der Waals surface area contributed by atoms with Crippen molar-refractivity contribution in [3.8, 4) is 0 Å². The highest BCUT2D eigenvalue weighted by molar-refractivity contribution is 7.11. The Morgan fingerprint density at radius 1 is 1.12 bits per heavy atom. The summed E-state index contributed by atoms with van der Waals surface area (Å²) in [6, 6.07) is 5.20. The Hall–Kier alpha value is -0.340. The van der Waals surface area contributed by atoms with Crippen molar-refractivity contribution >= 4 is 11.3 Å². The van der Waals surface area contributed by atoms with E-state index in [-0.39, 0.29) is 0 Å². The maximum Gasteiger partial charge on any atom is 0.0143 e. The van der Waals surface area contributed by atoms with Gasteiger partial charge in [0.15, 0.2) is 0 Å². The summed E-state index contributed by atoms with van der Waals surface area (Å²) >= 11 is 1.98. The van der Waals surface area contributed by atoms with Gasteiger partial charge in [0.1, 0.15) is 0 Å². The molecule has 2 heteroatoms. The van der Waals surface area contributed by atoms with Crippen molar-refractivity contribution < 1.29 is 0 Å². The molecule has 0 aromatic carbocycles. The zero-order valence-corrected chi connectivity index (χ0v) is 12.7. The van der Waals surface area contributed by atoms with E-state index in [1.165, 1.54) is 16.2 Å². The van der Waals surface area contributed by atoms with E-state index in [9.17, 15) is 0 Å². The molecule has 0 bridgehead atoms. The molecule has 0 aliphatic carbocycles. The maximum absolute atomic E-state index is 3.65. The Balaban J connectivity index is 2.65. The summed E-state index contributed by atoms with van der Waals surface area (Å²) in [5.74, 6) is 1.46. The van der Waals surface area contributed by atoms with Gasteiger partial charge in [-0.25, -0.2) is 0 Å². The van der Waals surface area contributed by atoms with E-state index in [2.05, 4.69) is 52.1 Å². The lowest BCUT2D eigenvalue weighted by Crippen LogP contribution is -2.38. The second-order valence-electron chi connectivity index (χ2n) is 5.19. The topological polar surface area (TPSA) is 12.0 Å². The standard InChI is InChI=1S/C15H27NS/c1-6-13-8-9-14(17-13)10-15(16-7-2)12(5)11(3)4/h8-9,11-12,15-16H,6-7,10H2,1-5H3. The van der Waals surface area contributed by atoms with Gasteiger partial charge in [-0.05, 0) is 43.4 Å². The van der Waals surface area contributed by atoms with Crippen LogP contribution in [0.4, 0.5) is 0 Å². The third kappa shape index (κ3) is 4.44. The molecule has 0 aliphatic heterocycles. The van der Waals surface area contributed by atoms with E-state index in [4.69, 9.17) is 0 Å². The maximum atomic E-state index is 3.65. The van der Waals surface area contributed by atoms with E-state index < -0.39 is 0 Å². The predicted octanol–water partition coefficient (Wildman–Crippen LogP) is 4.12. The van der Waals surface area contributed by atoms with Crippen LogP contribution in [-0.2, 0) is 12.8 Å². The van der Waals surface area contributed by atoms with Crippen LogP contribution in [0.5, 0.6) is 0 Å². The molecule has 0 saturated carbocycles. The van der Waals surface area contributed by atoms with Gasteiger partial charge in [0.25, 0.3) is 0 Å². The third-order valence-electron chi connectivity index (χ3n) is 3.64. The Labute approximate surface area is 111 Å². The van der Waals surface area contributed by atoms with Crippen LogP contribution in [0, 0.1) is 11.8 Å². The molecule has 1 aromatic heterocycles. The van der Waals surface area contributed by atoms with Crippen LogP contribution in [0.2, 0.25) is 0 Å². The molecule has 2 atom stereocenters. The quantitative estimate of drug-likeness (QED) is 0.770. The van der Waals surface area contributed by atoms with E-state index in [1.54, 1.807) is 0 Å². The van der Waals surface area contributed by atoms with E-state index in [0.717, 1.165) is 24.8 Å². The normalized spacial score (nSPS) is 15.2. The molecule has 0 saturated heterocycles. The number of aryl methyl sites for hydroxylation is 1. The second-order valence-corrected chi connectivity index (χ2v) is 6.45. The lowest BCUT2D eigenvalue weighted by atomic mass is 9.88. The zero-order chi connectivity index (χ0) is 12.8. The molecule has 1 heterocycles. The van der Waals surface area contributed by atoms with Gasteiger partial charge in [-0.15, -0.1) is 11.3 Å². The van der Waals surface area contributed by atoms with Gasteiger partial charge < -0.3 is 5.32 Å². The van der Waals surface area contributed by atoms with Gasteiger partial charge in [-0.1, -0.05) is 34.6 Å². The fourth-order valence-electron chi connectivity index (χ4n) is 2.11. The SMILES string of the molecule is CCNC(Cc1ccc(CC)s1)C(C)C(C)C. The Kier molecular flexibility index (Phi) is 6.21. The Morgan fingerprint density at radius 2 is 1.76 bits per heavy atom. The average molecular weight is 253 g/mol. The van der Waals surface area contributed by atoms with Gasteiger partial charge in [0, 0.05) is 15.8 Å². The van der Waals surface area contributed by atoms with Crippen LogP contribution in [0.25, 0.3) is 0 Å². The van der Waals surface area contributed by atoms with Crippen molar-refractivity contribution in [2.75, 3.05) is 6.54 Å². The minimum Gasteiger partial charge on any atom is -0.314 e. The summed E-state index contributed by atoms with van der Waals surface area (Å²) < 4.78 is 0. The number of thiophene rings is 1. The fraction of sp³-hybridized carbons (Fsp3) is 0.733. The van der Waals surface area contributed by atoms with Crippen molar-refractivity contribution in [2.45, 2.75) is 53.5 Å². The molecular weight excluding hydrogens is 226 g/mol. The molecule has 17 heavy (non-hydrogen) atoms. The summed E-state index contributed by atoms with van der Waals surface area (Å²) in [5, 5.41) is 3.65. The smallest absolute Gasteiger partial charge is 0.0143 e. The molecule has 2 unspecified atom stereocenters. The van der Waals surface area contributed by atoms with E-state index in [0.29, 0.717) is 6.04 Å². The van der Waals surface area contributed by atoms with Crippen LogP contribution >= 0.6 is 11.3 Å². The van der Waals surface area contributed by atoms with Gasteiger partial charge >= 0.3 is 0 Å². The molecule has 1 nitrogen and oxygen atoms in total. The zero-order valence-electron chi connectivity index (χ0n) is 11.9. The first kappa shape index (κ1) is 14.7. The lowest BCUT2D eigenvalue weighted by molar-refractivity contribution is 0.301. The summed E-state index contributed by atoms with van der Waals surface area (Å²) in [6.45, 7) is 12.5. The fourth-order valence-corrected chi connectivity index (χ4v) is 3.13. The minimum absolute atomic E-state index is 0.614. The van der Waals surface area contributed by atoms with Crippen LogP contribution in [0.15, 0.2) is 12.1 Å². The monoisotopic (exact) mass is 253 g/mol. The molecule has 1 N–H and O–H groups in total. The highest BCUT2D eigenvalue weighted by Gasteiger charge is 2.20. The molecule has 1 aromatic rings. The second kappa shape index (κ2) is 7.17. The first-order valence-electron chi connectivity index (χ1n) is 6.89. The van der Waals surface area contributed by atoms with Crippen molar-refractivity contribution in [1.29, 1.82) is 0 Å². The molecular formula is C15H27NS. The van der Waals surface area contributed by atoms with Crippen molar-refractivity contribution in [3.63, 3.8) is 0 Å². The van der Waals surface area contributed by atoms with E-state index in [1.807, 2.05) is 11.3 Å². The van der Waals surface area contributed by atoms with Crippen LogP contribution in [-0.4, -0.2) is 12.6 Å². The number of nitrogens with one attached hydrogen (secondary N) is 1. The van der Waals surface area contributed by atoms with Gasteiger partial charge in [-0.2, -0.15) is 0 Å². The largest absolute Gasteiger partial charge is 0.314 e. The van der Waals surface area contributed by atoms with Gasteiger partial charge in [0.05, 0.1) is 0 Å². The molecule has 1 rings (SSSR count). The Morgan fingerprint density at radius 3 is 2.24 bits per heavy atom. The molecule has 98 valence electrons. The lowest BCUT2D eigenvalue weighted by Gasteiger charge is -2.27. The molecule has 0 radical (unpaired) electrons. The molecule has 0 fully saturated rings. The van der Waals surface area contributed by atoms with Crippen LogP contribution < -0.4 is 5.32 Å². The number of likely N-dealkylation sites (N-methyl/N-ethyl adjacent to an activating group) is 1. The van der Waals surface area contributed by atoms with Crippen LogP contribution in [0.1, 0.15) is 44.4 Å². The minimum atomic E-state index is 0.614. The highest BCUT2D eigenvalue weighted by Crippen LogP contribution is 2.23. The first-order valence-corrected chi connectivity index (χ1v) is 7.71. The van der Waals surface area contributed by atoms with Crippen molar-refractivity contribution in [3.05, 3.63) is 21.9 Å². The summed E-state index contributed by atoms with van der Waals surface area (Å²) in [7, 11) is 0. The van der Waals surface area contributed by atoms with Gasteiger partial charge in [-0.3, -0.25) is 0 Å². The van der Waals surface area contributed by atoms with Crippen molar-refractivity contribution in [1.82, 2.24) is 5.32 Å². The summed E-state index contributed by atoms with van der Waals surface area (Å²) in [5.41, 5.74) is 0. The molecule has 0 aliphatic rings. The van der Waals surface area contributed by atoms with E-state index >= 15 is 0 Å². The molecule has 0 amide bonds. The van der Waals surface area contributed by atoms with Crippen LogP contribution in [0.3, 0.4) is 0 Å². The highest BCUT2D eigenvalue weighted by atomic mass is 32.1. The average Bonchev–Trinajstić information content (AvgIpc) is 2.75. The first-order chi connectivity index (χ1) is 8.08. The Bertz CT molecular complexity index is 316. The molecule has 0 spiro atoms. The number of rotatable bonds is 7. The summed E-state index contributed by atoms with van der Waals surface area (Å²) in [4.78, 5) is 3.03. The number of hydrogen-bond acceptors (Lipinski definition) is 2. The van der Waals surface area contributed by atoms with Gasteiger partial charge in [0.2, 0.25) is 0 Å². The third-order valence-corrected chi connectivity index (χ3v) is 4.89. The summed E-state index contributed by atoms with van der Waals surface area (Å²) in [6.07, 6.45) is 2.34. The predicted molar refractivity (Wildman–Crippen MR) is 78.9 cm³/mol.